The Kier molecular flexibility index (Phi) is 4.13. The molecule has 106 valence electrons. The molecule has 0 saturated carbocycles. The van der Waals surface area contributed by atoms with Crippen molar-refractivity contribution in [3.63, 3.8) is 0 Å². The van der Waals surface area contributed by atoms with Gasteiger partial charge in [0.25, 0.3) is 0 Å². The lowest BCUT2D eigenvalue weighted by atomic mass is 9.74. The van der Waals surface area contributed by atoms with Crippen molar-refractivity contribution in [2.24, 2.45) is 5.41 Å². The minimum Gasteiger partial charge on any atom is -0.496 e. The molecule has 4 heteroatoms. The van der Waals surface area contributed by atoms with E-state index in [1.54, 1.807) is 7.11 Å². The van der Waals surface area contributed by atoms with Gasteiger partial charge >= 0.3 is 0 Å². The number of aryl methyl sites for hydroxylation is 1. The maximum absolute atomic E-state index is 9.80. The van der Waals surface area contributed by atoms with E-state index >= 15 is 0 Å². The molecule has 1 fully saturated rings. The van der Waals surface area contributed by atoms with E-state index in [9.17, 15) is 5.11 Å². The van der Waals surface area contributed by atoms with Gasteiger partial charge in [0.15, 0.2) is 0 Å². The predicted octanol–water partition coefficient (Wildman–Crippen LogP) is 1.62. The summed E-state index contributed by atoms with van der Waals surface area (Å²) in [6.45, 7) is 3.36. The Morgan fingerprint density at radius 1 is 1.42 bits per heavy atom. The molecular formula is C15H23NO3. The zero-order chi connectivity index (χ0) is 14.0. The lowest BCUT2D eigenvalue weighted by Gasteiger charge is -2.48. The molecule has 0 aliphatic carbocycles. The fraction of sp³-hybridized carbons (Fsp3) is 0.600. The Balaban J connectivity index is 2.47. The molecule has 1 unspecified atom stereocenters. The molecule has 0 bridgehead atoms. The number of hydrogen-bond donors (Lipinski definition) is 1. The maximum Gasteiger partial charge on any atom is 0.123 e. The molecule has 0 aromatic heterocycles. The molecule has 0 spiro atoms. The number of benzene rings is 1. The number of hydrogen-bond acceptors (Lipinski definition) is 4. The number of aliphatic hydroxyl groups excluding tert-OH is 1. The van der Waals surface area contributed by atoms with Gasteiger partial charge in [0.2, 0.25) is 0 Å². The molecule has 1 aliphatic rings. The third-order valence-corrected chi connectivity index (χ3v) is 3.87. The van der Waals surface area contributed by atoms with Crippen molar-refractivity contribution < 1.29 is 14.6 Å². The molecule has 0 radical (unpaired) electrons. The SMILES string of the molecule is COc1ccc(C)cc1C(N(C)C)C1(CO)COC1. The molecular weight excluding hydrogens is 242 g/mol. The van der Waals surface area contributed by atoms with E-state index in [4.69, 9.17) is 9.47 Å². The first-order valence-electron chi connectivity index (χ1n) is 6.53. The first kappa shape index (κ1) is 14.3. The smallest absolute Gasteiger partial charge is 0.123 e. The van der Waals surface area contributed by atoms with E-state index in [2.05, 4.69) is 17.9 Å². The van der Waals surface area contributed by atoms with E-state index < -0.39 is 0 Å². The average molecular weight is 265 g/mol. The van der Waals surface area contributed by atoms with Crippen LogP contribution in [0, 0.1) is 12.3 Å². The summed E-state index contributed by atoms with van der Waals surface area (Å²) in [5, 5.41) is 9.80. The highest BCUT2D eigenvalue weighted by atomic mass is 16.5. The van der Waals surface area contributed by atoms with E-state index in [0.717, 1.165) is 11.3 Å². The molecule has 0 amide bonds. The summed E-state index contributed by atoms with van der Waals surface area (Å²) < 4.78 is 10.8. The molecule has 2 rings (SSSR count). The lowest BCUT2D eigenvalue weighted by molar-refractivity contribution is -0.172. The van der Waals surface area contributed by atoms with Crippen molar-refractivity contribution >= 4 is 0 Å². The Morgan fingerprint density at radius 3 is 2.53 bits per heavy atom. The third-order valence-electron chi connectivity index (χ3n) is 3.87. The second-order valence-corrected chi connectivity index (χ2v) is 5.62. The molecule has 1 saturated heterocycles. The molecule has 1 aromatic rings. The largest absolute Gasteiger partial charge is 0.496 e. The van der Waals surface area contributed by atoms with Gasteiger partial charge in [-0.2, -0.15) is 0 Å². The molecule has 4 nitrogen and oxygen atoms in total. The second-order valence-electron chi connectivity index (χ2n) is 5.62. The second kappa shape index (κ2) is 5.49. The van der Waals surface area contributed by atoms with Crippen LogP contribution in [0.25, 0.3) is 0 Å². The summed E-state index contributed by atoms with van der Waals surface area (Å²) in [5.41, 5.74) is 2.07. The molecule has 1 N–H and O–H groups in total. The Bertz CT molecular complexity index is 436. The van der Waals surface area contributed by atoms with Gasteiger partial charge in [-0.3, -0.25) is 0 Å². The van der Waals surface area contributed by atoms with Gasteiger partial charge in [0.05, 0.1) is 38.4 Å². The average Bonchev–Trinajstić information content (AvgIpc) is 2.33. The molecule has 1 aliphatic heterocycles. The van der Waals surface area contributed by atoms with Gasteiger partial charge in [-0.15, -0.1) is 0 Å². The van der Waals surface area contributed by atoms with Crippen molar-refractivity contribution in [3.8, 4) is 5.75 Å². The molecule has 1 atom stereocenters. The van der Waals surface area contributed by atoms with Crippen molar-refractivity contribution in [2.45, 2.75) is 13.0 Å². The standard InChI is InChI=1S/C15H23NO3/c1-11-5-6-13(18-4)12(7-11)14(16(2)3)15(8-17)9-19-10-15/h5-7,14,17H,8-10H2,1-4H3. The molecule has 19 heavy (non-hydrogen) atoms. The van der Waals surface area contributed by atoms with Gasteiger partial charge in [0.1, 0.15) is 5.75 Å². The van der Waals surface area contributed by atoms with E-state index in [1.807, 2.05) is 26.2 Å². The van der Waals surface area contributed by atoms with Crippen LogP contribution in [0.4, 0.5) is 0 Å². The van der Waals surface area contributed by atoms with Crippen LogP contribution in [0.15, 0.2) is 18.2 Å². The Morgan fingerprint density at radius 2 is 2.11 bits per heavy atom. The first-order valence-corrected chi connectivity index (χ1v) is 6.53. The third kappa shape index (κ3) is 2.48. The minimum atomic E-state index is -0.232. The van der Waals surface area contributed by atoms with Crippen LogP contribution in [-0.4, -0.2) is 51.0 Å². The van der Waals surface area contributed by atoms with E-state index in [1.165, 1.54) is 5.56 Å². The van der Waals surface area contributed by atoms with Crippen molar-refractivity contribution in [1.82, 2.24) is 4.90 Å². The zero-order valence-electron chi connectivity index (χ0n) is 12.1. The zero-order valence-corrected chi connectivity index (χ0v) is 12.1. The minimum absolute atomic E-state index is 0.0844. The van der Waals surface area contributed by atoms with Crippen LogP contribution in [-0.2, 0) is 4.74 Å². The number of rotatable bonds is 5. The van der Waals surface area contributed by atoms with Gasteiger partial charge in [-0.1, -0.05) is 17.7 Å². The fourth-order valence-corrected chi connectivity index (χ4v) is 2.92. The van der Waals surface area contributed by atoms with Crippen molar-refractivity contribution in [1.29, 1.82) is 0 Å². The summed E-state index contributed by atoms with van der Waals surface area (Å²) in [7, 11) is 5.74. The van der Waals surface area contributed by atoms with Crippen molar-refractivity contribution in [3.05, 3.63) is 29.3 Å². The van der Waals surface area contributed by atoms with Crippen LogP contribution in [0.1, 0.15) is 17.2 Å². The normalized spacial score (nSPS) is 19.1. The van der Waals surface area contributed by atoms with Gasteiger partial charge in [-0.05, 0) is 27.1 Å². The van der Waals surface area contributed by atoms with Crippen LogP contribution >= 0.6 is 0 Å². The summed E-state index contributed by atoms with van der Waals surface area (Å²) in [6.07, 6.45) is 0. The summed E-state index contributed by atoms with van der Waals surface area (Å²) in [6, 6.07) is 6.25. The van der Waals surface area contributed by atoms with Crippen LogP contribution < -0.4 is 4.74 Å². The lowest BCUT2D eigenvalue weighted by Crippen LogP contribution is -2.54. The van der Waals surface area contributed by atoms with Gasteiger partial charge in [-0.25, -0.2) is 0 Å². The number of methoxy groups -OCH3 is 1. The summed E-state index contributed by atoms with van der Waals surface area (Å²) in [5.74, 6) is 0.865. The summed E-state index contributed by atoms with van der Waals surface area (Å²) in [4.78, 5) is 2.13. The highest BCUT2D eigenvalue weighted by Gasteiger charge is 2.48. The van der Waals surface area contributed by atoms with Crippen LogP contribution in [0.5, 0.6) is 5.75 Å². The summed E-state index contributed by atoms with van der Waals surface area (Å²) >= 11 is 0. The molecule has 1 aromatic carbocycles. The highest BCUT2D eigenvalue weighted by molar-refractivity contribution is 5.40. The first-order chi connectivity index (χ1) is 9.04. The molecule has 1 heterocycles. The van der Waals surface area contributed by atoms with Gasteiger partial charge in [0, 0.05) is 5.56 Å². The monoisotopic (exact) mass is 265 g/mol. The van der Waals surface area contributed by atoms with Crippen molar-refractivity contribution in [2.75, 3.05) is 41.0 Å². The highest BCUT2D eigenvalue weighted by Crippen LogP contribution is 2.45. The number of nitrogens with zero attached hydrogens (tertiary/aromatic N) is 1. The Hall–Kier alpha value is -1.10. The maximum atomic E-state index is 9.80. The quantitative estimate of drug-likeness (QED) is 0.878. The predicted molar refractivity (Wildman–Crippen MR) is 74.5 cm³/mol. The fourth-order valence-electron chi connectivity index (χ4n) is 2.92. The van der Waals surface area contributed by atoms with Gasteiger partial charge < -0.3 is 19.5 Å². The van der Waals surface area contributed by atoms with E-state index in [0.29, 0.717) is 13.2 Å². The number of aliphatic hydroxyl groups is 1. The number of ether oxygens (including phenoxy) is 2. The van der Waals surface area contributed by atoms with Crippen LogP contribution in [0.2, 0.25) is 0 Å². The van der Waals surface area contributed by atoms with Crippen LogP contribution in [0.3, 0.4) is 0 Å². The topological polar surface area (TPSA) is 41.9 Å². The van der Waals surface area contributed by atoms with E-state index in [-0.39, 0.29) is 18.1 Å². The Labute approximate surface area is 114 Å².